The number of hydrogen-bond donors (Lipinski definition) is 2. The van der Waals surface area contributed by atoms with Crippen molar-refractivity contribution < 1.29 is 9.53 Å². The quantitative estimate of drug-likeness (QED) is 0.417. The summed E-state index contributed by atoms with van der Waals surface area (Å²) in [5.41, 5.74) is 6.30. The van der Waals surface area contributed by atoms with Crippen LogP contribution in [0.4, 0.5) is 5.69 Å². The molecular weight excluding hydrogens is 386 g/mol. The molecule has 1 amide bonds. The van der Waals surface area contributed by atoms with Crippen LogP contribution >= 0.6 is 11.6 Å². The van der Waals surface area contributed by atoms with Gasteiger partial charge in [0, 0.05) is 16.3 Å². The van der Waals surface area contributed by atoms with Crippen LogP contribution in [0.1, 0.15) is 16.7 Å². The van der Waals surface area contributed by atoms with Crippen molar-refractivity contribution in [3.8, 4) is 5.75 Å². The molecule has 0 aliphatic rings. The number of carbonyl (C=O) groups is 1. The number of aryl methyl sites for hydroxylation is 1. The van der Waals surface area contributed by atoms with Gasteiger partial charge in [-0.3, -0.25) is 4.79 Å². The van der Waals surface area contributed by atoms with E-state index in [1.807, 2.05) is 79.7 Å². The zero-order chi connectivity index (χ0) is 20.5. The van der Waals surface area contributed by atoms with E-state index in [1.54, 1.807) is 6.21 Å². The van der Waals surface area contributed by atoms with Crippen molar-refractivity contribution in [2.45, 2.75) is 13.5 Å². The van der Waals surface area contributed by atoms with Crippen LogP contribution in [-0.4, -0.2) is 18.7 Å². The molecule has 5 nitrogen and oxygen atoms in total. The minimum atomic E-state index is -0.229. The van der Waals surface area contributed by atoms with Gasteiger partial charge in [0.05, 0.1) is 12.8 Å². The third-order valence-corrected chi connectivity index (χ3v) is 4.49. The van der Waals surface area contributed by atoms with Crippen LogP contribution < -0.4 is 15.5 Å². The number of halogens is 1. The fourth-order valence-electron chi connectivity index (χ4n) is 2.53. The molecular formula is C23H22ClN3O2. The monoisotopic (exact) mass is 407 g/mol. The van der Waals surface area contributed by atoms with Crippen LogP contribution in [0.2, 0.25) is 5.02 Å². The number of amides is 1. The summed E-state index contributed by atoms with van der Waals surface area (Å²) in [6, 6.07) is 22.8. The first kappa shape index (κ1) is 20.4. The molecule has 0 fully saturated rings. The van der Waals surface area contributed by atoms with E-state index in [2.05, 4.69) is 15.8 Å². The average Bonchev–Trinajstić information content (AvgIpc) is 2.73. The van der Waals surface area contributed by atoms with Gasteiger partial charge in [-0.15, -0.1) is 0 Å². The van der Waals surface area contributed by atoms with Gasteiger partial charge < -0.3 is 10.1 Å². The van der Waals surface area contributed by atoms with Crippen molar-refractivity contribution in [1.82, 2.24) is 5.43 Å². The third kappa shape index (κ3) is 6.66. The van der Waals surface area contributed by atoms with Crippen molar-refractivity contribution >= 4 is 29.4 Å². The highest BCUT2D eigenvalue weighted by Gasteiger charge is 2.02. The summed E-state index contributed by atoms with van der Waals surface area (Å²) in [6.45, 7) is 2.53. The number of benzene rings is 3. The molecule has 0 saturated carbocycles. The van der Waals surface area contributed by atoms with Gasteiger partial charge in [0.2, 0.25) is 0 Å². The van der Waals surface area contributed by atoms with Crippen LogP contribution in [0, 0.1) is 6.92 Å². The first-order chi connectivity index (χ1) is 14.1. The molecule has 0 spiro atoms. The molecule has 3 rings (SSSR count). The number of nitrogens with zero attached hydrogens (tertiary/aromatic N) is 1. The Morgan fingerprint density at radius 2 is 1.86 bits per heavy atom. The lowest BCUT2D eigenvalue weighted by atomic mass is 10.2. The Morgan fingerprint density at radius 1 is 1.07 bits per heavy atom. The Kier molecular flexibility index (Phi) is 7.25. The summed E-state index contributed by atoms with van der Waals surface area (Å²) >= 11 is 6.15. The van der Waals surface area contributed by atoms with Crippen molar-refractivity contribution in [3.05, 3.63) is 94.5 Å². The lowest BCUT2D eigenvalue weighted by Gasteiger charge is -2.08. The maximum absolute atomic E-state index is 11.9. The predicted molar refractivity (Wildman–Crippen MR) is 118 cm³/mol. The summed E-state index contributed by atoms with van der Waals surface area (Å²) < 4.78 is 5.79. The number of hydrazone groups is 1. The van der Waals surface area contributed by atoms with Crippen LogP contribution in [0.25, 0.3) is 0 Å². The van der Waals surface area contributed by atoms with E-state index in [9.17, 15) is 4.79 Å². The normalized spacial score (nSPS) is 10.7. The van der Waals surface area contributed by atoms with Gasteiger partial charge >= 0.3 is 0 Å². The Hall–Kier alpha value is -3.31. The molecule has 148 valence electrons. The SMILES string of the molecule is Cc1ccc(NCC(=O)N/N=C\c2cccc(OCc3ccccc3Cl)c2)cc1. The first-order valence-corrected chi connectivity index (χ1v) is 9.57. The zero-order valence-electron chi connectivity index (χ0n) is 16.1. The van der Waals surface area contributed by atoms with Crippen LogP contribution in [0.3, 0.4) is 0 Å². The van der Waals surface area contributed by atoms with E-state index in [-0.39, 0.29) is 12.5 Å². The first-order valence-electron chi connectivity index (χ1n) is 9.19. The van der Waals surface area contributed by atoms with Crippen LogP contribution in [0.5, 0.6) is 5.75 Å². The summed E-state index contributed by atoms with van der Waals surface area (Å²) in [7, 11) is 0. The summed E-state index contributed by atoms with van der Waals surface area (Å²) in [5, 5.41) is 7.72. The molecule has 29 heavy (non-hydrogen) atoms. The van der Waals surface area contributed by atoms with E-state index < -0.39 is 0 Å². The van der Waals surface area contributed by atoms with Gasteiger partial charge in [-0.25, -0.2) is 5.43 Å². The molecule has 3 aromatic carbocycles. The fraction of sp³-hybridized carbons (Fsp3) is 0.130. The molecule has 0 aliphatic carbocycles. The van der Waals surface area contributed by atoms with Crippen molar-refractivity contribution in [2.24, 2.45) is 5.10 Å². The largest absolute Gasteiger partial charge is 0.489 e. The Balaban J connectivity index is 1.47. The van der Waals surface area contributed by atoms with Gasteiger partial charge in [0.1, 0.15) is 12.4 Å². The van der Waals surface area contributed by atoms with Gasteiger partial charge in [0.25, 0.3) is 5.91 Å². The summed E-state index contributed by atoms with van der Waals surface area (Å²) in [6.07, 6.45) is 1.58. The van der Waals surface area contributed by atoms with E-state index in [4.69, 9.17) is 16.3 Å². The molecule has 0 aromatic heterocycles. The third-order valence-electron chi connectivity index (χ3n) is 4.12. The number of carbonyl (C=O) groups excluding carboxylic acids is 1. The molecule has 2 N–H and O–H groups in total. The van der Waals surface area contributed by atoms with Crippen LogP contribution in [0.15, 0.2) is 77.9 Å². The van der Waals surface area contributed by atoms with Gasteiger partial charge in [-0.05, 0) is 42.8 Å². The Morgan fingerprint density at radius 3 is 2.66 bits per heavy atom. The summed E-state index contributed by atoms with van der Waals surface area (Å²) in [4.78, 5) is 11.9. The van der Waals surface area contributed by atoms with Crippen molar-refractivity contribution in [1.29, 1.82) is 0 Å². The Bertz CT molecular complexity index is 987. The lowest BCUT2D eigenvalue weighted by Crippen LogP contribution is -2.25. The second-order valence-electron chi connectivity index (χ2n) is 6.47. The maximum atomic E-state index is 11.9. The summed E-state index contributed by atoms with van der Waals surface area (Å²) in [5.74, 6) is 0.467. The second kappa shape index (κ2) is 10.3. The Labute approximate surface area is 175 Å². The highest BCUT2D eigenvalue weighted by molar-refractivity contribution is 6.31. The van der Waals surface area contributed by atoms with Crippen molar-refractivity contribution in [3.63, 3.8) is 0 Å². The topological polar surface area (TPSA) is 62.7 Å². The number of rotatable bonds is 8. The van der Waals surface area contributed by atoms with Crippen molar-refractivity contribution in [2.75, 3.05) is 11.9 Å². The molecule has 0 radical (unpaired) electrons. The fourth-order valence-corrected chi connectivity index (χ4v) is 2.72. The zero-order valence-corrected chi connectivity index (χ0v) is 16.8. The minimum absolute atomic E-state index is 0.140. The van der Waals surface area contributed by atoms with Gasteiger partial charge in [0.15, 0.2) is 0 Å². The number of hydrogen-bond acceptors (Lipinski definition) is 4. The van der Waals surface area contributed by atoms with Crippen LogP contribution in [-0.2, 0) is 11.4 Å². The van der Waals surface area contributed by atoms with E-state index >= 15 is 0 Å². The predicted octanol–water partition coefficient (Wildman–Crippen LogP) is 4.79. The van der Waals surface area contributed by atoms with Gasteiger partial charge in [-0.2, -0.15) is 5.10 Å². The molecule has 0 bridgehead atoms. The smallest absolute Gasteiger partial charge is 0.259 e. The molecule has 0 saturated heterocycles. The molecule has 6 heteroatoms. The maximum Gasteiger partial charge on any atom is 0.259 e. The highest BCUT2D eigenvalue weighted by Crippen LogP contribution is 2.19. The average molecular weight is 408 g/mol. The molecule has 0 atom stereocenters. The number of nitrogens with one attached hydrogen (secondary N) is 2. The molecule has 0 unspecified atom stereocenters. The van der Waals surface area contributed by atoms with Gasteiger partial charge in [-0.1, -0.05) is 59.6 Å². The molecule has 0 heterocycles. The highest BCUT2D eigenvalue weighted by atomic mass is 35.5. The van der Waals surface area contributed by atoms with E-state index in [0.717, 1.165) is 16.8 Å². The number of ether oxygens (including phenoxy) is 1. The lowest BCUT2D eigenvalue weighted by molar-refractivity contribution is -0.119. The minimum Gasteiger partial charge on any atom is -0.489 e. The van der Waals surface area contributed by atoms with E-state index in [0.29, 0.717) is 17.4 Å². The molecule has 0 aliphatic heterocycles. The molecule has 3 aromatic rings. The van der Waals surface area contributed by atoms with E-state index in [1.165, 1.54) is 5.56 Å². The standard InChI is InChI=1S/C23H22ClN3O2/c1-17-9-11-20(12-10-17)25-15-23(28)27-26-14-18-5-4-7-21(13-18)29-16-19-6-2-3-8-22(19)24/h2-14,25H,15-16H2,1H3,(H,27,28)/b26-14-. The number of anilines is 1. The second-order valence-corrected chi connectivity index (χ2v) is 6.87.